The lowest BCUT2D eigenvalue weighted by Crippen LogP contribution is -2.13. The molecule has 0 radical (unpaired) electrons. The van der Waals surface area contributed by atoms with Crippen molar-refractivity contribution in [1.82, 2.24) is 0 Å². The molecule has 0 aliphatic heterocycles. The Kier molecular flexibility index (Phi) is 8.05. The summed E-state index contributed by atoms with van der Waals surface area (Å²) in [5, 5.41) is 4.97. The minimum Gasteiger partial charge on any atom is -0.310 e. The first-order chi connectivity index (χ1) is 23.1. The van der Waals surface area contributed by atoms with Crippen LogP contribution < -0.4 is 9.80 Å². The van der Waals surface area contributed by atoms with Gasteiger partial charge in [-0.25, -0.2) is 0 Å². The lowest BCUT2D eigenvalue weighted by Gasteiger charge is -2.30. The summed E-state index contributed by atoms with van der Waals surface area (Å²) in [5.74, 6) is 0. The Morgan fingerprint density at radius 3 is 0.938 bits per heavy atom. The first-order valence-electron chi connectivity index (χ1n) is 16.9. The average Bonchev–Trinajstić information content (AvgIpc) is 3.05. The molecule has 0 saturated carbocycles. The van der Waals surface area contributed by atoms with E-state index in [0.29, 0.717) is 0 Å². The Bertz CT molecular complexity index is 2100. The van der Waals surface area contributed by atoms with Crippen LogP contribution in [0.5, 0.6) is 0 Å². The smallest absolute Gasteiger partial charge is 0.0520 e. The Balaban J connectivity index is 1.37. The maximum absolute atomic E-state index is 2.42. The number of aryl methyl sites for hydroxylation is 8. The molecule has 0 aliphatic carbocycles. The molecule has 0 N–H and O–H groups in total. The van der Waals surface area contributed by atoms with Crippen LogP contribution in [0.1, 0.15) is 44.5 Å². The Hall–Kier alpha value is -5.34. The SMILES string of the molecule is Cc1ccc(N(c2ccc3c(ccc4cc(N(c5ccc(C)cc5)c5c(C)cc(C)cc5C)ccc43)c2)c2c(C)cc(C)cc2C)cc1. The highest BCUT2D eigenvalue weighted by Gasteiger charge is 2.20. The molecule has 2 nitrogen and oxygen atoms in total. The van der Waals surface area contributed by atoms with Crippen LogP contribution in [0, 0.1) is 55.4 Å². The van der Waals surface area contributed by atoms with Gasteiger partial charge in [-0.15, -0.1) is 0 Å². The van der Waals surface area contributed by atoms with Gasteiger partial charge in [-0.1, -0.05) is 95.1 Å². The van der Waals surface area contributed by atoms with Crippen LogP contribution >= 0.6 is 0 Å². The van der Waals surface area contributed by atoms with Crippen molar-refractivity contribution in [3.63, 3.8) is 0 Å². The van der Waals surface area contributed by atoms with Gasteiger partial charge in [0.1, 0.15) is 0 Å². The van der Waals surface area contributed by atoms with Crippen molar-refractivity contribution in [1.29, 1.82) is 0 Å². The van der Waals surface area contributed by atoms with Gasteiger partial charge in [0.15, 0.2) is 0 Å². The zero-order chi connectivity index (χ0) is 33.7. The summed E-state index contributed by atoms with van der Waals surface area (Å²) in [6.45, 7) is 17.5. The molecule has 0 bridgehead atoms. The molecule has 2 heteroatoms. The summed E-state index contributed by atoms with van der Waals surface area (Å²) < 4.78 is 0. The molecule has 0 heterocycles. The van der Waals surface area contributed by atoms with Crippen molar-refractivity contribution >= 4 is 55.7 Å². The first-order valence-corrected chi connectivity index (χ1v) is 16.9. The summed E-state index contributed by atoms with van der Waals surface area (Å²) in [7, 11) is 0. The summed E-state index contributed by atoms with van der Waals surface area (Å²) in [6.07, 6.45) is 0. The van der Waals surface area contributed by atoms with E-state index >= 15 is 0 Å². The largest absolute Gasteiger partial charge is 0.310 e. The van der Waals surface area contributed by atoms with Crippen LogP contribution in [0.2, 0.25) is 0 Å². The van der Waals surface area contributed by atoms with Gasteiger partial charge < -0.3 is 9.80 Å². The quantitative estimate of drug-likeness (QED) is 0.170. The van der Waals surface area contributed by atoms with Gasteiger partial charge in [0.05, 0.1) is 11.4 Å². The van der Waals surface area contributed by atoms with Crippen molar-refractivity contribution in [2.45, 2.75) is 55.4 Å². The van der Waals surface area contributed by atoms with E-state index in [1.54, 1.807) is 0 Å². The second-order valence-electron chi connectivity index (χ2n) is 13.7. The van der Waals surface area contributed by atoms with E-state index in [9.17, 15) is 0 Å². The van der Waals surface area contributed by atoms with Gasteiger partial charge in [-0.3, -0.25) is 0 Å². The average molecular weight is 625 g/mol. The molecule has 0 unspecified atom stereocenters. The van der Waals surface area contributed by atoms with Crippen molar-refractivity contribution < 1.29 is 0 Å². The standard InChI is InChI=1S/C46H44N2/c1-29-9-15-39(16-10-29)47(45-33(5)23-31(3)24-34(45)6)41-19-21-43-37(27-41)13-14-38-28-42(20-22-44(38)43)48(40-17-11-30(2)12-18-40)46-35(7)25-32(4)26-36(46)8/h9-28H,1-8H3. The fourth-order valence-corrected chi connectivity index (χ4v) is 7.58. The predicted octanol–water partition coefficient (Wildman–Crippen LogP) is 13.4. The molecule has 7 rings (SSSR count). The number of fused-ring (bicyclic) bond motifs is 3. The second kappa shape index (κ2) is 12.4. The summed E-state index contributed by atoms with van der Waals surface area (Å²) >= 11 is 0. The third-order valence-electron chi connectivity index (χ3n) is 9.62. The van der Waals surface area contributed by atoms with Crippen LogP contribution in [-0.4, -0.2) is 0 Å². The molecule has 0 fully saturated rings. The monoisotopic (exact) mass is 624 g/mol. The van der Waals surface area contributed by atoms with Crippen molar-refractivity contribution in [2.75, 3.05) is 9.80 Å². The third kappa shape index (κ3) is 5.73. The fourth-order valence-electron chi connectivity index (χ4n) is 7.58. The number of nitrogens with zero attached hydrogens (tertiary/aromatic N) is 2. The van der Waals surface area contributed by atoms with E-state index < -0.39 is 0 Å². The molecule has 0 atom stereocenters. The second-order valence-corrected chi connectivity index (χ2v) is 13.7. The molecular weight excluding hydrogens is 581 g/mol. The summed E-state index contributed by atoms with van der Waals surface area (Å²) in [6, 6.07) is 45.3. The number of benzene rings is 7. The molecular formula is C46H44N2. The molecule has 0 amide bonds. The van der Waals surface area contributed by atoms with E-state index in [1.807, 2.05) is 0 Å². The fraction of sp³-hybridized carbons (Fsp3) is 0.174. The highest BCUT2D eigenvalue weighted by atomic mass is 15.2. The van der Waals surface area contributed by atoms with Crippen LogP contribution in [0.15, 0.2) is 121 Å². The van der Waals surface area contributed by atoms with Crippen LogP contribution in [0.25, 0.3) is 21.5 Å². The van der Waals surface area contributed by atoms with E-state index in [1.165, 1.54) is 88.8 Å². The Morgan fingerprint density at radius 1 is 0.292 bits per heavy atom. The van der Waals surface area contributed by atoms with E-state index in [2.05, 4.69) is 187 Å². The van der Waals surface area contributed by atoms with Gasteiger partial charge in [0.25, 0.3) is 0 Å². The first kappa shape index (κ1) is 31.3. The molecule has 0 spiro atoms. The lowest BCUT2D eigenvalue weighted by atomic mass is 9.98. The normalized spacial score (nSPS) is 11.3. The Morgan fingerprint density at radius 2 is 0.604 bits per heavy atom. The zero-order valence-corrected chi connectivity index (χ0v) is 29.4. The number of rotatable bonds is 6. The summed E-state index contributed by atoms with van der Waals surface area (Å²) in [5.41, 5.74) is 17.3. The Labute approximate surface area is 285 Å². The van der Waals surface area contributed by atoms with Crippen LogP contribution in [0.4, 0.5) is 34.1 Å². The minimum atomic E-state index is 1.16. The van der Waals surface area contributed by atoms with Gasteiger partial charge in [-0.2, -0.15) is 0 Å². The maximum atomic E-state index is 2.42. The molecule has 0 aromatic heterocycles. The maximum Gasteiger partial charge on any atom is 0.0520 e. The molecule has 48 heavy (non-hydrogen) atoms. The number of hydrogen-bond acceptors (Lipinski definition) is 2. The van der Waals surface area contributed by atoms with Crippen molar-refractivity contribution in [2.24, 2.45) is 0 Å². The number of anilines is 6. The van der Waals surface area contributed by atoms with Crippen molar-refractivity contribution in [3.05, 3.63) is 166 Å². The lowest BCUT2D eigenvalue weighted by molar-refractivity contribution is 1.20. The number of hydrogen-bond donors (Lipinski definition) is 0. The van der Waals surface area contributed by atoms with Crippen molar-refractivity contribution in [3.8, 4) is 0 Å². The minimum absolute atomic E-state index is 1.16. The third-order valence-corrected chi connectivity index (χ3v) is 9.62. The van der Waals surface area contributed by atoms with Gasteiger partial charge in [0.2, 0.25) is 0 Å². The molecule has 0 aliphatic rings. The van der Waals surface area contributed by atoms with E-state index in [0.717, 1.165) is 11.4 Å². The van der Waals surface area contributed by atoms with Crippen LogP contribution in [-0.2, 0) is 0 Å². The highest BCUT2D eigenvalue weighted by Crippen LogP contribution is 2.43. The van der Waals surface area contributed by atoms with Gasteiger partial charge in [-0.05, 0) is 148 Å². The zero-order valence-electron chi connectivity index (χ0n) is 29.4. The van der Waals surface area contributed by atoms with Crippen LogP contribution in [0.3, 0.4) is 0 Å². The van der Waals surface area contributed by atoms with Gasteiger partial charge in [0, 0.05) is 22.7 Å². The highest BCUT2D eigenvalue weighted by molar-refractivity contribution is 6.10. The predicted molar refractivity (Wildman–Crippen MR) is 209 cm³/mol. The molecule has 0 saturated heterocycles. The summed E-state index contributed by atoms with van der Waals surface area (Å²) in [4.78, 5) is 4.84. The topological polar surface area (TPSA) is 6.48 Å². The van der Waals surface area contributed by atoms with E-state index in [4.69, 9.17) is 0 Å². The van der Waals surface area contributed by atoms with Gasteiger partial charge >= 0.3 is 0 Å². The molecule has 7 aromatic rings. The molecule has 7 aromatic carbocycles. The van der Waals surface area contributed by atoms with E-state index in [-0.39, 0.29) is 0 Å². The molecule has 238 valence electrons.